The van der Waals surface area contributed by atoms with Gasteiger partial charge in [0.15, 0.2) is 11.5 Å². The summed E-state index contributed by atoms with van der Waals surface area (Å²) in [6, 6.07) is 4.90. The first kappa shape index (κ1) is 17.6. The number of benzene rings is 1. The predicted molar refractivity (Wildman–Crippen MR) is 102 cm³/mol. The summed E-state index contributed by atoms with van der Waals surface area (Å²) in [4.78, 5) is 23.5. The van der Waals surface area contributed by atoms with Crippen molar-refractivity contribution >= 4 is 17.4 Å². The first-order valence-corrected chi connectivity index (χ1v) is 9.03. The average molecular weight is 367 g/mol. The van der Waals surface area contributed by atoms with Crippen molar-refractivity contribution in [3.63, 3.8) is 0 Å². The Labute approximate surface area is 157 Å². The molecule has 1 fully saturated rings. The fraction of sp³-hybridized carbons (Fsp3) is 0.350. The van der Waals surface area contributed by atoms with E-state index in [2.05, 4.69) is 27.2 Å². The molecule has 0 aliphatic carbocycles. The van der Waals surface area contributed by atoms with Crippen LogP contribution in [0.4, 0.5) is 10.2 Å². The van der Waals surface area contributed by atoms with Crippen molar-refractivity contribution in [3.05, 3.63) is 58.9 Å². The van der Waals surface area contributed by atoms with Crippen molar-refractivity contribution in [2.75, 3.05) is 25.5 Å². The number of imidazole rings is 1. The second kappa shape index (κ2) is 6.74. The highest BCUT2D eigenvalue weighted by Gasteiger charge is 2.23. The Kier molecular flexibility index (Phi) is 4.39. The number of carbonyl (C=O) groups is 1. The lowest BCUT2D eigenvalue weighted by Crippen LogP contribution is -2.15. The van der Waals surface area contributed by atoms with E-state index in [9.17, 15) is 9.18 Å². The molecule has 1 aromatic carbocycles. The van der Waals surface area contributed by atoms with Gasteiger partial charge in [-0.3, -0.25) is 9.78 Å². The topological polar surface area (TPSA) is 62.5 Å². The first-order chi connectivity index (χ1) is 12.9. The maximum absolute atomic E-state index is 14.6. The molecule has 1 unspecified atom stereocenters. The maximum Gasteiger partial charge on any atom is 0.259 e. The molecule has 1 aliphatic heterocycles. The van der Waals surface area contributed by atoms with Gasteiger partial charge >= 0.3 is 0 Å². The number of likely N-dealkylation sites (tertiary alicyclic amines) is 1. The molecule has 1 atom stereocenters. The molecule has 0 saturated carbocycles. The molecule has 2 aromatic heterocycles. The third kappa shape index (κ3) is 3.42. The molecule has 0 bridgehead atoms. The Bertz CT molecular complexity index is 1030. The summed E-state index contributed by atoms with van der Waals surface area (Å²) < 4.78 is 16.4. The number of hydrogen-bond donors (Lipinski definition) is 1. The van der Waals surface area contributed by atoms with Crippen molar-refractivity contribution in [2.24, 2.45) is 0 Å². The number of amides is 1. The largest absolute Gasteiger partial charge is 0.306 e. The number of nitrogens with one attached hydrogen (secondary N) is 1. The van der Waals surface area contributed by atoms with Crippen LogP contribution in [0.2, 0.25) is 0 Å². The Morgan fingerprint density at radius 1 is 1.26 bits per heavy atom. The van der Waals surface area contributed by atoms with Gasteiger partial charge in [-0.15, -0.1) is 0 Å². The first-order valence-electron chi connectivity index (χ1n) is 9.03. The molecular weight excluding hydrogens is 345 g/mol. The minimum atomic E-state index is -0.506. The van der Waals surface area contributed by atoms with E-state index in [0.29, 0.717) is 17.4 Å². The number of hydrogen-bond acceptors (Lipinski definition) is 4. The molecule has 140 valence electrons. The highest BCUT2D eigenvalue weighted by atomic mass is 19.1. The van der Waals surface area contributed by atoms with Crippen LogP contribution in [-0.2, 0) is 0 Å². The predicted octanol–water partition coefficient (Wildman–Crippen LogP) is 3.16. The van der Waals surface area contributed by atoms with E-state index in [0.717, 1.165) is 36.5 Å². The zero-order valence-corrected chi connectivity index (χ0v) is 15.7. The Balaban J connectivity index is 1.55. The van der Waals surface area contributed by atoms with Crippen LogP contribution in [0.15, 0.2) is 30.6 Å². The number of nitrogens with zero attached hydrogens (tertiary/aromatic N) is 4. The van der Waals surface area contributed by atoms with E-state index in [1.807, 2.05) is 30.5 Å². The van der Waals surface area contributed by atoms with E-state index in [4.69, 9.17) is 0 Å². The lowest BCUT2D eigenvalue weighted by atomic mass is 9.97. The molecule has 6 nitrogen and oxygen atoms in total. The van der Waals surface area contributed by atoms with Crippen LogP contribution in [0.3, 0.4) is 0 Å². The minimum Gasteiger partial charge on any atom is -0.306 e. The van der Waals surface area contributed by atoms with Gasteiger partial charge in [0.05, 0.1) is 23.1 Å². The second-order valence-electron chi connectivity index (χ2n) is 7.27. The van der Waals surface area contributed by atoms with Gasteiger partial charge in [0.2, 0.25) is 0 Å². The van der Waals surface area contributed by atoms with Gasteiger partial charge < -0.3 is 14.6 Å². The summed E-state index contributed by atoms with van der Waals surface area (Å²) in [5.41, 5.74) is 3.26. The standard InChI is InChI=1S/C20H22FN5O/c1-12-9-26-11-18(23-19(26)13(2)22-12)24-20(27)16-5-4-14(8-17(16)21)15-6-7-25(3)10-15/h4-5,8-9,11,15H,6-7,10H2,1-3H3,(H,24,27). The van der Waals surface area contributed by atoms with Crippen molar-refractivity contribution in [1.82, 2.24) is 19.3 Å². The third-order valence-corrected chi connectivity index (χ3v) is 5.07. The maximum atomic E-state index is 14.6. The summed E-state index contributed by atoms with van der Waals surface area (Å²) in [5, 5.41) is 2.68. The SMILES string of the molecule is Cc1cn2cc(NC(=O)c3ccc(C4CCN(C)C4)cc3F)nc2c(C)n1. The summed E-state index contributed by atoms with van der Waals surface area (Å²) >= 11 is 0. The van der Waals surface area contributed by atoms with E-state index in [-0.39, 0.29) is 5.56 Å². The molecule has 3 aromatic rings. The van der Waals surface area contributed by atoms with E-state index < -0.39 is 11.7 Å². The van der Waals surface area contributed by atoms with Crippen LogP contribution in [0.5, 0.6) is 0 Å². The van der Waals surface area contributed by atoms with Crippen LogP contribution in [0.1, 0.15) is 39.6 Å². The lowest BCUT2D eigenvalue weighted by molar-refractivity contribution is 0.102. The molecule has 0 radical (unpaired) electrons. The smallest absolute Gasteiger partial charge is 0.259 e. The van der Waals surface area contributed by atoms with Crippen molar-refractivity contribution in [1.29, 1.82) is 0 Å². The number of anilines is 1. The van der Waals surface area contributed by atoms with E-state index in [1.54, 1.807) is 12.3 Å². The number of halogens is 1. The molecule has 3 heterocycles. The Hall–Kier alpha value is -2.80. The van der Waals surface area contributed by atoms with Crippen LogP contribution in [0.25, 0.3) is 5.65 Å². The van der Waals surface area contributed by atoms with Crippen LogP contribution in [-0.4, -0.2) is 45.3 Å². The number of aromatic nitrogens is 3. The van der Waals surface area contributed by atoms with Gasteiger partial charge in [-0.05, 0) is 57.5 Å². The van der Waals surface area contributed by atoms with E-state index >= 15 is 0 Å². The molecule has 1 amide bonds. The Morgan fingerprint density at radius 2 is 2.07 bits per heavy atom. The van der Waals surface area contributed by atoms with Crippen molar-refractivity contribution < 1.29 is 9.18 Å². The molecule has 0 spiro atoms. The van der Waals surface area contributed by atoms with Crippen LogP contribution in [0, 0.1) is 19.7 Å². The van der Waals surface area contributed by atoms with Gasteiger partial charge in [-0.1, -0.05) is 6.07 Å². The van der Waals surface area contributed by atoms with Crippen molar-refractivity contribution in [3.8, 4) is 0 Å². The number of likely N-dealkylation sites (N-methyl/N-ethyl adjacent to an activating group) is 1. The van der Waals surface area contributed by atoms with Gasteiger partial charge in [-0.25, -0.2) is 9.37 Å². The average Bonchev–Trinajstić information content (AvgIpc) is 3.20. The quantitative estimate of drug-likeness (QED) is 0.772. The van der Waals surface area contributed by atoms with Gasteiger partial charge in [0, 0.05) is 12.7 Å². The summed E-state index contributed by atoms with van der Waals surface area (Å²) in [7, 11) is 2.06. The number of aryl methyl sites for hydroxylation is 2. The van der Waals surface area contributed by atoms with Gasteiger partial charge in [0.1, 0.15) is 5.82 Å². The monoisotopic (exact) mass is 367 g/mol. The summed E-state index contributed by atoms with van der Waals surface area (Å²) in [6.07, 6.45) is 4.55. The number of rotatable bonds is 3. The normalized spacial score (nSPS) is 17.6. The van der Waals surface area contributed by atoms with E-state index in [1.165, 1.54) is 6.07 Å². The number of fused-ring (bicyclic) bond motifs is 1. The molecule has 27 heavy (non-hydrogen) atoms. The van der Waals surface area contributed by atoms with Gasteiger partial charge in [0.25, 0.3) is 5.91 Å². The highest BCUT2D eigenvalue weighted by Crippen LogP contribution is 2.27. The minimum absolute atomic E-state index is 0.0215. The molecule has 1 saturated heterocycles. The van der Waals surface area contributed by atoms with Gasteiger partial charge in [-0.2, -0.15) is 0 Å². The summed E-state index contributed by atoms with van der Waals surface area (Å²) in [5.74, 6) is -0.319. The van der Waals surface area contributed by atoms with Crippen LogP contribution >= 0.6 is 0 Å². The lowest BCUT2D eigenvalue weighted by Gasteiger charge is -2.12. The highest BCUT2D eigenvalue weighted by molar-refractivity contribution is 6.04. The molecule has 4 rings (SSSR count). The molecular formula is C20H22FN5O. The zero-order chi connectivity index (χ0) is 19.1. The fourth-order valence-corrected chi connectivity index (χ4v) is 3.72. The zero-order valence-electron chi connectivity index (χ0n) is 15.7. The summed E-state index contributed by atoms with van der Waals surface area (Å²) in [6.45, 7) is 5.68. The Morgan fingerprint density at radius 3 is 2.78 bits per heavy atom. The second-order valence-corrected chi connectivity index (χ2v) is 7.27. The number of carbonyl (C=O) groups excluding carboxylic acids is 1. The molecule has 7 heteroatoms. The van der Waals surface area contributed by atoms with Crippen LogP contribution < -0.4 is 5.32 Å². The van der Waals surface area contributed by atoms with Crippen molar-refractivity contribution in [2.45, 2.75) is 26.2 Å². The molecule has 1 aliphatic rings. The fourth-order valence-electron chi connectivity index (χ4n) is 3.72. The molecule has 1 N–H and O–H groups in total. The third-order valence-electron chi connectivity index (χ3n) is 5.07.